The van der Waals surface area contributed by atoms with E-state index in [1.165, 1.54) is 24.6 Å². The van der Waals surface area contributed by atoms with Gasteiger partial charge in [0.2, 0.25) is 10.0 Å². The number of aromatic nitrogens is 1. The number of benzene rings is 2. The number of sulfonamides is 1. The Balaban J connectivity index is 1.42. The summed E-state index contributed by atoms with van der Waals surface area (Å²) in [4.78, 5) is 7.06. The molecule has 0 amide bonds. The third kappa shape index (κ3) is 5.07. The summed E-state index contributed by atoms with van der Waals surface area (Å²) in [6.07, 6.45) is 0.722. The first-order valence-corrected chi connectivity index (χ1v) is 12.8. The van der Waals surface area contributed by atoms with Crippen molar-refractivity contribution in [3.8, 4) is 17.2 Å². The molecule has 0 saturated carbocycles. The number of thiazole rings is 1. The second-order valence-corrected chi connectivity index (χ2v) is 10.3. The number of piperazine rings is 1. The minimum Gasteiger partial charge on any atom is -0.497 e. The van der Waals surface area contributed by atoms with E-state index in [1.807, 2.05) is 18.2 Å². The van der Waals surface area contributed by atoms with Gasteiger partial charge in [-0.2, -0.15) is 4.31 Å². The molecule has 0 spiro atoms. The van der Waals surface area contributed by atoms with Gasteiger partial charge in [-0.3, -0.25) is 0 Å². The van der Waals surface area contributed by atoms with Crippen LogP contribution in [0.2, 0.25) is 0 Å². The molecular weight excluding hydrogens is 462 g/mol. The summed E-state index contributed by atoms with van der Waals surface area (Å²) in [7, 11) is 0.963. The van der Waals surface area contributed by atoms with Crippen LogP contribution in [0.4, 0.5) is 5.13 Å². The van der Waals surface area contributed by atoms with E-state index in [4.69, 9.17) is 19.2 Å². The monoisotopic (exact) mass is 489 g/mol. The van der Waals surface area contributed by atoms with Crippen molar-refractivity contribution in [2.24, 2.45) is 0 Å². The van der Waals surface area contributed by atoms with Gasteiger partial charge in [0.05, 0.1) is 27.0 Å². The molecule has 0 radical (unpaired) electrons. The molecule has 10 heteroatoms. The molecule has 176 valence electrons. The molecule has 1 fully saturated rings. The summed E-state index contributed by atoms with van der Waals surface area (Å²) in [6.45, 7) is 1.90. The summed E-state index contributed by atoms with van der Waals surface area (Å²) in [5.41, 5.74) is 2.12. The summed E-state index contributed by atoms with van der Waals surface area (Å²) < 4.78 is 43.7. The molecule has 2 aromatic carbocycles. The van der Waals surface area contributed by atoms with Gasteiger partial charge < -0.3 is 19.1 Å². The van der Waals surface area contributed by atoms with Crippen LogP contribution in [0.15, 0.2) is 52.7 Å². The maximum atomic E-state index is 13.2. The van der Waals surface area contributed by atoms with E-state index in [2.05, 4.69) is 16.3 Å². The largest absolute Gasteiger partial charge is 0.497 e. The summed E-state index contributed by atoms with van der Waals surface area (Å²) >= 11 is 1.58. The van der Waals surface area contributed by atoms with E-state index in [1.54, 1.807) is 30.6 Å². The van der Waals surface area contributed by atoms with Gasteiger partial charge in [0.1, 0.15) is 22.1 Å². The minimum absolute atomic E-state index is 0.147. The molecule has 0 N–H and O–H groups in total. The van der Waals surface area contributed by atoms with Gasteiger partial charge >= 0.3 is 0 Å². The Morgan fingerprint density at radius 1 is 0.939 bits per heavy atom. The van der Waals surface area contributed by atoms with Crippen LogP contribution in [0.5, 0.6) is 17.2 Å². The van der Waals surface area contributed by atoms with Crippen LogP contribution in [0.1, 0.15) is 11.3 Å². The van der Waals surface area contributed by atoms with Crippen LogP contribution < -0.4 is 19.1 Å². The van der Waals surface area contributed by atoms with Crippen molar-refractivity contribution in [2.45, 2.75) is 11.3 Å². The normalized spacial score (nSPS) is 14.8. The maximum absolute atomic E-state index is 13.2. The fraction of sp³-hybridized carbons (Fsp3) is 0.348. The van der Waals surface area contributed by atoms with Gasteiger partial charge in [-0.1, -0.05) is 12.1 Å². The topological polar surface area (TPSA) is 81.2 Å². The Morgan fingerprint density at radius 2 is 1.67 bits per heavy atom. The fourth-order valence-corrected chi connectivity index (χ4v) is 6.20. The fourth-order valence-electron chi connectivity index (χ4n) is 3.76. The first kappa shape index (κ1) is 23.3. The lowest BCUT2D eigenvalue weighted by molar-refractivity contribution is 0.370. The lowest BCUT2D eigenvalue weighted by Gasteiger charge is -2.34. The van der Waals surface area contributed by atoms with Gasteiger partial charge in [0, 0.05) is 44.0 Å². The minimum atomic E-state index is -3.68. The number of nitrogens with zero attached hydrogens (tertiary/aromatic N) is 3. The molecule has 0 atom stereocenters. The van der Waals surface area contributed by atoms with E-state index < -0.39 is 10.0 Å². The predicted molar refractivity (Wildman–Crippen MR) is 128 cm³/mol. The molecule has 33 heavy (non-hydrogen) atoms. The van der Waals surface area contributed by atoms with Crippen LogP contribution in [0, 0.1) is 0 Å². The molecule has 1 aromatic heterocycles. The highest BCUT2D eigenvalue weighted by atomic mass is 32.2. The van der Waals surface area contributed by atoms with Crippen LogP contribution in [-0.2, 0) is 16.4 Å². The zero-order valence-electron chi connectivity index (χ0n) is 18.9. The molecule has 0 aliphatic carbocycles. The predicted octanol–water partition coefficient (Wildman–Crippen LogP) is 3.27. The highest BCUT2D eigenvalue weighted by Crippen LogP contribution is 2.32. The second kappa shape index (κ2) is 9.98. The van der Waals surface area contributed by atoms with Gasteiger partial charge in [0.15, 0.2) is 5.13 Å². The third-order valence-corrected chi connectivity index (χ3v) is 8.45. The van der Waals surface area contributed by atoms with Gasteiger partial charge in [0.25, 0.3) is 0 Å². The van der Waals surface area contributed by atoms with E-state index >= 15 is 0 Å². The van der Waals surface area contributed by atoms with Crippen molar-refractivity contribution in [1.29, 1.82) is 0 Å². The van der Waals surface area contributed by atoms with Crippen molar-refractivity contribution >= 4 is 26.5 Å². The van der Waals surface area contributed by atoms with Crippen LogP contribution in [-0.4, -0.2) is 65.2 Å². The Kier molecular flexibility index (Phi) is 7.06. The van der Waals surface area contributed by atoms with E-state index in [0.717, 1.165) is 28.6 Å². The SMILES string of the molecule is COc1cccc(Cc2csc(N3CCN(S(=O)(=O)c4ccc(OC)cc4OC)CC3)n2)c1. The molecular formula is C23H27N3O5S2. The first-order chi connectivity index (χ1) is 15.9. The van der Waals surface area contributed by atoms with Gasteiger partial charge in [-0.25, -0.2) is 13.4 Å². The number of rotatable bonds is 8. The Labute approximate surface area is 198 Å². The van der Waals surface area contributed by atoms with Crippen LogP contribution in [0.25, 0.3) is 0 Å². The average molecular weight is 490 g/mol. The molecule has 2 heterocycles. The molecule has 3 aromatic rings. The first-order valence-electron chi connectivity index (χ1n) is 10.5. The van der Waals surface area contributed by atoms with Crippen LogP contribution >= 0.6 is 11.3 Å². The molecule has 0 unspecified atom stereocenters. The zero-order chi connectivity index (χ0) is 23.4. The van der Waals surface area contributed by atoms with Crippen molar-refractivity contribution in [3.63, 3.8) is 0 Å². The molecule has 1 aliphatic rings. The van der Waals surface area contributed by atoms with E-state index in [9.17, 15) is 8.42 Å². The number of hydrogen-bond donors (Lipinski definition) is 0. The molecule has 0 bridgehead atoms. The highest BCUT2D eigenvalue weighted by Gasteiger charge is 2.31. The maximum Gasteiger partial charge on any atom is 0.246 e. The van der Waals surface area contributed by atoms with Gasteiger partial charge in [-0.15, -0.1) is 11.3 Å². The van der Waals surface area contributed by atoms with E-state index in [-0.39, 0.29) is 10.6 Å². The second-order valence-electron chi connectivity index (χ2n) is 7.56. The number of methoxy groups -OCH3 is 3. The Bertz CT molecular complexity index is 1200. The quantitative estimate of drug-likeness (QED) is 0.480. The molecule has 1 saturated heterocycles. The van der Waals surface area contributed by atoms with E-state index in [0.29, 0.717) is 31.9 Å². The van der Waals surface area contributed by atoms with Crippen molar-refractivity contribution in [3.05, 3.63) is 59.1 Å². The number of ether oxygens (including phenoxy) is 3. The summed E-state index contributed by atoms with van der Waals surface area (Å²) in [5, 5.41) is 2.96. The summed E-state index contributed by atoms with van der Waals surface area (Å²) in [6, 6.07) is 12.7. The zero-order valence-corrected chi connectivity index (χ0v) is 20.5. The molecule has 4 rings (SSSR count). The Hall–Kier alpha value is -2.82. The lowest BCUT2D eigenvalue weighted by atomic mass is 10.1. The van der Waals surface area contributed by atoms with Gasteiger partial charge in [-0.05, 0) is 29.8 Å². The van der Waals surface area contributed by atoms with Crippen molar-refractivity contribution in [1.82, 2.24) is 9.29 Å². The standard InChI is InChI=1S/C23H27N3O5S2/c1-29-19-6-4-5-17(14-19)13-18-16-32-23(24-18)25-9-11-26(12-10-25)33(27,28)22-8-7-20(30-2)15-21(22)31-3/h4-8,14-16H,9-13H2,1-3H3. The summed E-state index contributed by atoms with van der Waals surface area (Å²) in [5.74, 6) is 1.65. The third-order valence-electron chi connectivity index (χ3n) is 5.56. The van der Waals surface area contributed by atoms with Crippen molar-refractivity contribution < 1.29 is 22.6 Å². The average Bonchev–Trinajstić information content (AvgIpc) is 3.32. The molecule has 8 nitrogen and oxygen atoms in total. The lowest BCUT2D eigenvalue weighted by Crippen LogP contribution is -2.48. The number of hydrogen-bond acceptors (Lipinski definition) is 8. The highest BCUT2D eigenvalue weighted by molar-refractivity contribution is 7.89. The Morgan fingerprint density at radius 3 is 2.36 bits per heavy atom. The van der Waals surface area contributed by atoms with Crippen LogP contribution in [0.3, 0.4) is 0 Å². The molecule has 1 aliphatic heterocycles. The smallest absolute Gasteiger partial charge is 0.246 e. The van der Waals surface area contributed by atoms with Crippen molar-refractivity contribution in [2.75, 3.05) is 52.4 Å². The number of anilines is 1.